The number of carbonyl (C=O) groups excluding carboxylic acids is 1. The topological polar surface area (TPSA) is 94.5 Å². The molecule has 0 saturated heterocycles. The van der Waals surface area contributed by atoms with Crippen LogP contribution in [-0.4, -0.2) is 36.5 Å². The van der Waals surface area contributed by atoms with Crippen LogP contribution in [-0.2, 0) is 26.0 Å². The number of sulfone groups is 1. The fourth-order valence-corrected chi connectivity index (χ4v) is 2.76. The van der Waals surface area contributed by atoms with Crippen molar-refractivity contribution >= 4 is 15.7 Å². The minimum Gasteiger partial charge on any atom is -0.315 e. The summed E-state index contributed by atoms with van der Waals surface area (Å²) < 4.78 is 23.9. The number of pyridine rings is 1. The van der Waals surface area contributed by atoms with Gasteiger partial charge in [-0.25, -0.2) is 13.9 Å². The molecule has 130 valence electrons. The molecule has 0 radical (unpaired) electrons. The van der Waals surface area contributed by atoms with Gasteiger partial charge in [-0.05, 0) is 38.3 Å². The molecule has 8 heteroatoms. The molecule has 23 heavy (non-hydrogen) atoms. The second-order valence-corrected chi connectivity index (χ2v) is 8.21. The minimum atomic E-state index is -3.70. The second-order valence-electron chi connectivity index (χ2n) is 5.77. The first kappa shape index (κ1) is 19.4. The average molecular weight is 344 g/mol. The number of amides is 1. The monoisotopic (exact) mass is 344 g/mol. The van der Waals surface area contributed by atoms with Crippen molar-refractivity contribution in [2.24, 2.45) is 0 Å². The van der Waals surface area contributed by atoms with Crippen LogP contribution in [0, 0.1) is 6.92 Å². The molecule has 1 amide bonds. The second kappa shape index (κ2) is 7.74. The summed E-state index contributed by atoms with van der Waals surface area (Å²) in [5.41, 5.74) is 2.77. The Labute approximate surface area is 136 Å². The van der Waals surface area contributed by atoms with Crippen LogP contribution in [0.2, 0.25) is 0 Å². The Hall–Kier alpha value is -1.67. The van der Waals surface area contributed by atoms with Crippen molar-refractivity contribution in [1.29, 1.82) is 0 Å². The summed E-state index contributed by atoms with van der Waals surface area (Å²) in [6.45, 7) is 5.41. The molecule has 0 fully saturated rings. The first-order valence-electron chi connectivity index (χ1n) is 7.40. The molecule has 1 rings (SSSR count). The summed E-state index contributed by atoms with van der Waals surface area (Å²) in [5, 5.41) is 0. The van der Waals surface area contributed by atoms with Gasteiger partial charge in [0, 0.05) is 25.1 Å². The predicted octanol–water partition coefficient (Wildman–Crippen LogP) is 0.808. The summed E-state index contributed by atoms with van der Waals surface area (Å²) in [4.78, 5) is 29.1. The Morgan fingerprint density at radius 2 is 2.09 bits per heavy atom. The standard InChI is InChI=1S/C15H24N2O5S/c1-5-10-22-16-14(19)15(3,23(4,20)21)7-9-17-8-6-12(2)11-13(17)18/h6,8,11H,5,7,9-10H2,1-4H3,(H,16,19)/t15-/m1/s1. The highest BCUT2D eigenvalue weighted by Gasteiger charge is 2.43. The summed E-state index contributed by atoms with van der Waals surface area (Å²) in [6, 6.07) is 3.21. The highest BCUT2D eigenvalue weighted by molar-refractivity contribution is 7.92. The fraction of sp³-hybridized carbons (Fsp3) is 0.600. The van der Waals surface area contributed by atoms with Gasteiger partial charge in [-0.1, -0.05) is 6.92 Å². The molecule has 0 aliphatic rings. The van der Waals surface area contributed by atoms with Crippen LogP contribution in [0.25, 0.3) is 0 Å². The number of hydrogen-bond acceptors (Lipinski definition) is 5. The quantitative estimate of drug-likeness (QED) is 0.556. The lowest BCUT2D eigenvalue weighted by Gasteiger charge is -2.26. The molecule has 1 aromatic rings. The van der Waals surface area contributed by atoms with Gasteiger partial charge in [0.25, 0.3) is 11.5 Å². The van der Waals surface area contributed by atoms with Crippen LogP contribution in [0.4, 0.5) is 0 Å². The zero-order chi connectivity index (χ0) is 17.7. The maximum Gasteiger partial charge on any atom is 0.264 e. The van der Waals surface area contributed by atoms with Crippen molar-refractivity contribution in [3.05, 3.63) is 34.2 Å². The molecule has 0 saturated carbocycles. The largest absolute Gasteiger partial charge is 0.315 e. The lowest BCUT2D eigenvalue weighted by Crippen LogP contribution is -2.50. The third-order valence-corrected chi connectivity index (χ3v) is 5.78. The van der Waals surface area contributed by atoms with Crippen LogP contribution in [0.15, 0.2) is 23.1 Å². The summed E-state index contributed by atoms with van der Waals surface area (Å²) >= 11 is 0. The Morgan fingerprint density at radius 3 is 2.61 bits per heavy atom. The first-order valence-corrected chi connectivity index (χ1v) is 9.30. The van der Waals surface area contributed by atoms with E-state index >= 15 is 0 Å². The molecule has 0 spiro atoms. The Balaban J connectivity index is 2.95. The molecule has 7 nitrogen and oxygen atoms in total. The first-order chi connectivity index (χ1) is 10.6. The number of hydrogen-bond donors (Lipinski definition) is 1. The maximum atomic E-state index is 12.2. The summed E-state index contributed by atoms with van der Waals surface area (Å²) in [6.07, 6.45) is 3.25. The van der Waals surface area contributed by atoms with Crippen molar-refractivity contribution in [2.45, 2.75) is 44.9 Å². The van der Waals surface area contributed by atoms with Gasteiger partial charge >= 0.3 is 0 Å². The van der Waals surface area contributed by atoms with Crippen molar-refractivity contribution < 1.29 is 18.0 Å². The lowest BCUT2D eigenvalue weighted by molar-refractivity contribution is -0.136. The van der Waals surface area contributed by atoms with E-state index in [1.54, 1.807) is 19.2 Å². The number of carbonyl (C=O) groups is 1. The minimum absolute atomic E-state index is 0.0316. The number of aromatic nitrogens is 1. The number of rotatable bonds is 8. The number of nitrogens with one attached hydrogen (secondary N) is 1. The molecule has 0 aromatic carbocycles. The smallest absolute Gasteiger partial charge is 0.264 e. The van der Waals surface area contributed by atoms with Gasteiger partial charge in [0.05, 0.1) is 6.61 Å². The molecule has 1 atom stereocenters. The van der Waals surface area contributed by atoms with E-state index in [9.17, 15) is 18.0 Å². The van der Waals surface area contributed by atoms with Crippen LogP contribution >= 0.6 is 0 Å². The number of nitrogens with zero attached hydrogens (tertiary/aromatic N) is 1. The van der Waals surface area contributed by atoms with E-state index in [1.165, 1.54) is 17.6 Å². The van der Waals surface area contributed by atoms with Gasteiger partial charge in [0.2, 0.25) is 0 Å². The van der Waals surface area contributed by atoms with E-state index in [2.05, 4.69) is 5.48 Å². The van der Waals surface area contributed by atoms with E-state index < -0.39 is 20.5 Å². The van der Waals surface area contributed by atoms with E-state index in [4.69, 9.17) is 4.84 Å². The predicted molar refractivity (Wildman–Crippen MR) is 87.7 cm³/mol. The molecule has 1 aromatic heterocycles. The van der Waals surface area contributed by atoms with Crippen LogP contribution < -0.4 is 11.0 Å². The van der Waals surface area contributed by atoms with Gasteiger partial charge in [0.1, 0.15) is 0 Å². The van der Waals surface area contributed by atoms with Crippen LogP contribution in [0.5, 0.6) is 0 Å². The number of hydroxylamine groups is 1. The molecule has 1 N–H and O–H groups in total. The zero-order valence-corrected chi connectivity index (χ0v) is 14.8. The lowest BCUT2D eigenvalue weighted by atomic mass is 10.1. The Bertz CT molecular complexity index is 711. The highest BCUT2D eigenvalue weighted by atomic mass is 32.2. The van der Waals surface area contributed by atoms with Crippen molar-refractivity contribution in [1.82, 2.24) is 10.0 Å². The van der Waals surface area contributed by atoms with E-state index in [-0.39, 0.29) is 18.5 Å². The average Bonchev–Trinajstić information content (AvgIpc) is 2.44. The van der Waals surface area contributed by atoms with Gasteiger partial charge in [-0.15, -0.1) is 0 Å². The third-order valence-electron chi connectivity index (χ3n) is 3.75. The molecule has 0 unspecified atom stereocenters. The zero-order valence-electron chi connectivity index (χ0n) is 14.0. The Kier molecular flexibility index (Phi) is 6.52. The molecular formula is C15H24N2O5S. The normalized spacial score (nSPS) is 14.3. The molecule has 0 bridgehead atoms. The van der Waals surface area contributed by atoms with Crippen LogP contribution in [0.1, 0.15) is 32.3 Å². The number of aryl methyl sites for hydroxylation is 2. The van der Waals surface area contributed by atoms with Crippen LogP contribution in [0.3, 0.4) is 0 Å². The maximum absolute atomic E-state index is 12.2. The molecular weight excluding hydrogens is 320 g/mol. The summed E-state index contributed by atoms with van der Waals surface area (Å²) in [7, 11) is -3.70. The Morgan fingerprint density at radius 1 is 1.43 bits per heavy atom. The summed E-state index contributed by atoms with van der Waals surface area (Å²) in [5.74, 6) is -0.728. The third kappa shape index (κ3) is 4.90. The van der Waals surface area contributed by atoms with E-state index in [0.29, 0.717) is 13.0 Å². The van der Waals surface area contributed by atoms with Gasteiger partial charge in [0.15, 0.2) is 14.6 Å². The fourth-order valence-electron chi connectivity index (χ4n) is 1.92. The highest BCUT2D eigenvalue weighted by Crippen LogP contribution is 2.22. The molecule has 0 aliphatic carbocycles. The van der Waals surface area contributed by atoms with E-state index in [0.717, 1.165) is 11.8 Å². The molecule has 0 aliphatic heterocycles. The van der Waals surface area contributed by atoms with Crippen molar-refractivity contribution in [2.75, 3.05) is 12.9 Å². The van der Waals surface area contributed by atoms with Crippen molar-refractivity contribution in [3.63, 3.8) is 0 Å². The van der Waals surface area contributed by atoms with Crippen molar-refractivity contribution in [3.8, 4) is 0 Å². The molecule has 1 heterocycles. The van der Waals surface area contributed by atoms with Gasteiger partial charge in [-0.3, -0.25) is 14.4 Å². The van der Waals surface area contributed by atoms with Gasteiger partial charge < -0.3 is 4.57 Å². The van der Waals surface area contributed by atoms with Gasteiger partial charge in [-0.2, -0.15) is 0 Å². The van der Waals surface area contributed by atoms with E-state index in [1.807, 2.05) is 6.92 Å². The SMILES string of the molecule is CCCONC(=O)[C@@](C)(CCn1ccc(C)cc1=O)S(C)(=O)=O.